The average molecular weight is 396 g/mol. The minimum Gasteiger partial charge on any atom is -0.453 e. The summed E-state index contributed by atoms with van der Waals surface area (Å²) in [5.41, 5.74) is 2.46. The number of aliphatic hydroxyl groups is 1. The Balaban J connectivity index is 1.66. The molecule has 2 aromatic heterocycles. The second kappa shape index (κ2) is 6.74. The number of aromatic amines is 1. The fourth-order valence-electron chi connectivity index (χ4n) is 2.88. The highest BCUT2D eigenvalue weighted by atomic mass is 32.2. The van der Waals surface area contributed by atoms with Gasteiger partial charge in [-0.05, 0) is 54.6 Å². The topological polar surface area (TPSA) is 113 Å². The fourth-order valence-corrected chi connectivity index (χ4v) is 3.51. The van der Waals surface area contributed by atoms with Crippen molar-refractivity contribution >= 4 is 26.7 Å². The lowest BCUT2D eigenvalue weighted by Crippen LogP contribution is -2.03. The van der Waals surface area contributed by atoms with E-state index in [-0.39, 0.29) is 10.7 Å². The molecule has 0 spiro atoms. The molecule has 0 radical (unpaired) electrons. The molecular weight excluding hydrogens is 380 g/mol. The lowest BCUT2D eigenvalue weighted by atomic mass is 10.1. The van der Waals surface area contributed by atoms with Gasteiger partial charge in [0.2, 0.25) is 0 Å². The average Bonchev–Trinajstić information content (AvgIpc) is 3.33. The SMILES string of the molecule is CS(=O)(=O)c1ccc(-c2ccc(-c3nc4ccc(C(=O)CO)cc4[nH]3)o2)cc1. The first-order chi connectivity index (χ1) is 13.3. The number of ketones is 1. The van der Waals surface area contributed by atoms with Crippen LogP contribution in [0.2, 0.25) is 0 Å². The number of hydrogen-bond acceptors (Lipinski definition) is 6. The van der Waals surface area contributed by atoms with Crippen LogP contribution in [-0.4, -0.2) is 42.1 Å². The number of carbonyl (C=O) groups is 1. The van der Waals surface area contributed by atoms with E-state index in [1.54, 1.807) is 42.5 Å². The number of H-pyrrole nitrogens is 1. The van der Waals surface area contributed by atoms with Crippen molar-refractivity contribution in [1.82, 2.24) is 9.97 Å². The van der Waals surface area contributed by atoms with E-state index in [0.29, 0.717) is 33.9 Å². The van der Waals surface area contributed by atoms with E-state index in [9.17, 15) is 13.2 Å². The minimum atomic E-state index is -3.25. The number of benzene rings is 2. The van der Waals surface area contributed by atoms with E-state index in [2.05, 4.69) is 9.97 Å². The van der Waals surface area contributed by atoms with Gasteiger partial charge < -0.3 is 14.5 Å². The van der Waals surface area contributed by atoms with E-state index >= 15 is 0 Å². The number of furan rings is 1. The molecule has 0 saturated heterocycles. The number of rotatable bonds is 5. The van der Waals surface area contributed by atoms with Crippen LogP contribution in [0.25, 0.3) is 33.9 Å². The second-order valence-corrected chi connectivity index (χ2v) is 8.37. The van der Waals surface area contributed by atoms with Crippen molar-refractivity contribution in [2.45, 2.75) is 4.90 Å². The lowest BCUT2D eigenvalue weighted by molar-refractivity contribution is 0.0904. The largest absolute Gasteiger partial charge is 0.453 e. The van der Waals surface area contributed by atoms with Gasteiger partial charge in [-0.15, -0.1) is 0 Å². The molecule has 0 fully saturated rings. The molecule has 0 aliphatic rings. The van der Waals surface area contributed by atoms with Crippen LogP contribution in [0.4, 0.5) is 0 Å². The number of imidazole rings is 1. The van der Waals surface area contributed by atoms with E-state index in [1.165, 1.54) is 12.1 Å². The highest BCUT2D eigenvalue weighted by molar-refractivity contribution is 7.90. The van der Waals surface area contributed by atoms with Gasteiger partial charge in [0.15, 0.2) is 27.2 Å². The minimum absolute atomic E-state index is 0.244. The zero-order valence-electron chi connectivity index (χ0n) is 14.8. The van der Waals surface area contributed by atoms with E-state index < -0.39 is 16.4 Å². The van der Waals surface area contributed by atoms with Gasteiger partial charge >= 0.3 is 0 Å². The van der Waals surface area contributed by atoms with E-state index in [4.69, 9.17) is 9.52 Å². The van der Waals surface area contributed by atoms with Gasteiger partial charge in [0.1, 0.15) is 12.4 Å². The third-order valence-electron chi connectivity index (χ3n) is 4.35. The Bertz CT molecular complexity index is 1280. The Morgan fingerprint density at radius 1 is 1.07 bits per heavy atom. The molecular formula is C20H16N2O5S. The monoisotopic (exact) mass is 396 g/mol. The van der Waals surface area contributed by atoms with Gasteiger partial charge in [-0.25, -0.2) is 13.4 Å². The summed E-state index contributed by atoms with van der Waals surface area (Å²) < 4.78 is 29.0. The smallest absolute Gasteiger partial charge is 0.188 e. The van der Waals surface area contributed by atoms with Crippen LogP contribution in [-0.2, 0) is 9.84 Å². The highest BCUT2D eigenvalue weighted by Crippen LogP contribution is 2.29. The number of sulfone groups is 1. The number of hydrogen-bond donors (Lipinski definition) is 2. The molecule has 4 aromatic rings. The van der Waals surface area contributed by atoms with Crippen molar-refractivity contribution in [3.8, 4) is 22.9 Å². The summed E-state index contributed by atoms with van der Waals surface area (Å²) in [7, 11) is -3.25. The molecule has 0 aliphatic carbocycles. The Morgan fingerprint density at radius 2 is 1.79 bits per heavy atom. The maximum atomic E-state index is 11.6. The molecule has 0 amide bonds. The summed E-state index contributed by atoms with van der Waals surface area (Å²) in [6.45, 7) is -0.549. The van der Waals surface area contributed by atoms with Gasteiger partial charge in [0.05, 0.1) is 15.9 Å². The Morgan fingerprint density at radius 3 is 2.46 bits per heavy atom. The van der Waals surface area contributed by atoms with Gasteiger partial charge in [0, 0.05) is 17.4 Å². The third kappa shape index (κ3) is 3.35. The van der Waals surface area contributed by atoms with Crippen molar-refractivity contribution in [1.29, 1.82) is 0 Å². The van der Waals surface area contributed by atoms with Gasteiger partial charge in [-0.3, -0.25) is 4.79 Å². The van der Waals surface area contributed by atoms with Crippen LogP contribution in [0, 0.1) is 0 Å². The van der Waals surface area contributed by atoms with E-state index in [1.807, 2.05) is 0 Å². The molecule has 0 aliphatic heterocycles. The van der Waals surface area contributed by atoms with Crippen LogP contribution in [0.1, 0.15) is 10.4 Å². The number of fused-ring (bicyclic) bond motifs is 1. The molecule has 28 heavy (non-hydrogen) atoms. The van der Waals surface area contributed by atoms with Crippen LogP contribution in [0.15, 0.2) is 63.9 Å². The first-order valence-electron chi connectivity index (χ1n) is 8.40. The van der Waals surface area contributed by atoms with E-state index in [0.717, 1.165) is 11.8 Å². The fraction of sp³-hybridized carbons (Fsp3) is 0.100. The first kappa shape index (κ1) is 18.1. The highest BCUT2D eigenvalue weighted by Gasteiger charge is 2.13. The molecule has 7 nitrogen and oxygen atoms in total. The number of Topliss-reactive ketones (excluding diaryl/α,β-unsaturated/α-hetero) is 1. The Kier molecular flexibility index (Phi) is 4.37. The second-order valence-electron chi connectivity index (χ2n) is 6.36. The predicted octanol–water partition coefficient (Wildman–Crippen LogP) is 3.07. The summed E-state index contributed by atoms with van der Waals surface area (Å²) >= 11 is 0. The van der Waals surface area contributed by atoms with Crippen molar-refractivity contribution < 1.29 is 22.7 Å². The normalized spacial score (nSPS) is 11.8. The maximum absolute atomic E-state index is 11.6. The van der Waals surface area contributed by atoms with Crippen molar-refractivity contribution in [2.24, 2.45) is 0 Å². The summed E-state index contributed by atoms with van der Waals surface area (Å²) in [5, 5.41) is 8.99. The summed E-state index contributed by atoms with van der Waals surface area (Å²) in [5.74, 6) is 1.22. The molecule has 8 heteroatoms. The number of carbonyl (C=O) groups excluding carboxylic acids is 1. The quantitative estimate of drug-likeness (QED) is 0.501. The Labute approximate surface area is 160 Å². The van der Waals surface area contributed by atoms with Crippen LogP contribution >= 0.6 is 0 Å². The molecule has 2 heterocycles. The van der Waals surface area contributed by atoms with Crippen molar-refractivity contribution in [3.63, 3.8) is 0 Å². The van der Waals surface area contributed by atoms with Crippen molar-refractivity contribution in [2.75, 3.05) is 12.9 Å². The number of aromatic nitrogens is 2. The molecule has 142 valence electrons. The molecule has 2 N–H and O–H groups in total. The Hall–Kier alpha value is -3.23. The summed E-state index contributed by atoms with van der Waals surface area (Å²) in [6, 6.07) is 14.9. The zero-order valence-corrected chi connectivity index (χ0v) is 15.7. The third-order valence-corrected chi connectivity index (χ3v) is 5.48. The number of aliphatic hydroxyl groups excluding tert-OH is 1. The van der Waals surface area contributed by atoms with Gasteiger partial charge in [0.25, 0.3) is 0 Å². The van der Waals surface area contributed by atoms with Gasteiger partial charge in [-0.2, -0.15) is 0 Å². The zero-order chi connectivity index (χ0) is 19.9. The molecule has 0 atom stereocenters. The first-order valence-corrected chi connectivity index (χ1v) is 10.3. The van der Waals surface area contributed by atoms with Gasteiger partial charge in [-0.1, -0.05) is 0 Å². The van der Waals surface area contributed by atoms with Crippen LogP contribution in [0.5, 0.6) is 0 Å². The lowest BCUT2D eigenvalue weighted by Gasteiger charge is -2.00. The van der Waals surface area contributed by atoms with Crippen LogP contribution < -0.4 is 0 Å². The maximum Gasteiger partial charge on any atom is 0.188 e. The standard InChI is InChI=1S/C20H16N2O5S/c1-28(25,26)14-5-2-12(3-6-14)18-8-9-19(27-18)20-21-15-7-4-13(17(24)11-23)10-16(15)22-20/h2-10,23H,11H2,1H3,(H,21,22). The van der Waals surface area contributed by atoms with Crippen LogP contribution in [0.3, 0.4) is 0 Å². The number of nitrogens with one attached hydrogen (secondary N) is 1. The molecule has 0 unspecified atom stereocenters. The predicted molar refractivity (Wildman–Crippen MR) is 104 cm³/mol. The molecule has 4 rings (SSSR count). The summed E-state index contributed by atoms with van der Waals surface area (Å²) in [4.78, 5) is 19.5. The molecule has 0 saturated carbocycles. The molecule has 0 bridgehead atoms. The molecule has 2 aromatic carbocycles. The summed E-state index contributed by atoms with van der Waals surface area (Å²) in [6.07, 6.45) is 1.16. The van der Waals surface area contributed by atoms with Crippen molar-refractivity contribution in [3.05, 3.63) is 60.2 Å². The number of nitrogens with zero attached hydrogens (tertiary/aromatic N) is 1.